The third-order valence-electron chi connectivity index (χ3n) is 3.19. The summed E-state index contributed by atoms with van der Waals surface area (Å²) < 4.78 is 5.57. The van der Waals surface area contributed by atoms with Crippen LogP contribution >= 0.6 is 11.8 Å². The Balaban J connectivity index is 1.80. The van der Waals surface area contributed by atoms with E-state index in [0.29, 0.717) is 5.25 Å². The van der Waals surface area contributed by atoms with E-state index in [0.717, 1.165) is 24.1 Å². The van der Waals surface area contributed by atoms with Gasteiger partial charge in [0.2, 0.25) is 11.8 Å². The van der Waals surface area contributed by atoms with Gasteiger partial charge in [0.1, 0.15) is 0 Å². The summed E-state index contributed by atoms with van der Waals surface area (Å²) >= 11 is 1.95. The second-order valence-electron chi connectivity index (χ2n) is 4.51. The fourth-order valence-corrected chi connectivity index (χ4v) is 3.23. The third kappa shape index (κ3) is 3.00. The van der Waals surface area contributed by atoms with Crippen molar-refractivity contribution >= 4 is 11.8 Å². The van der Waals surface area contributed by atoms with Gasteiger partial charge in [-0.15, -0.1) is 22.0 Å². The lowest BCUT2D eigenvalue weighted by Crippen LogP contribution is -1.99. The Hall–Kier alpha value is -0.510. The first-order valence-corrected chi connectivity index (χ1v) is 7.28. The number of thioether (sulfide) groups is 1. The molecule has 0 amide bonds. The fourth-order valence-electron chi connectivity index (χ4n) is 2.10. The lowest BCUT2D eigenvalue weighted by atomic mass is 10.1. The van der Waals surface area contributed by atoms with Crippen LogP contribution < -0.4 is 0 Å². The van der Waals surface area contributed by atoms with Crippen molar-refractivity contribution in [3.63, 3.8) is 0 Å². The number of hydrogen-bond acceptors (Lipinski definition) is 4. The second kappa shape index (κ2) is 5.71. The minimum atomic E-state index is 0.341. The quantitative estimate of drug-likeness (QED) is 0.788. The number of aromatic nitrogens is 2. The number of hydrogen-bond donors (Lipinski definition) is 0. The van der Waals surface area contributed by atoms with Gasteiger partial charge in [-0.2, -0.15) is 0 Å². The Morgan fingerprint density at radius 2 is 2.12 bits per heavy atom. The molecule has 0 saturated heterocycles. The highest BCUT2D eigenvalue weighted by Crippen LogP contribution is 2.34. The molecule has 1 aromatic rings. The second-order valence-corrected chi connectivity index (χ2v) is 5.89. The minimum absolute atomic E-state index is 0.341. The summed E-state index contributed by atoms with van der Waals surface area (Å²) in [6.07, 6.45) is 6.47. The number of rotatable bonds is 5. The normalized spacial score (nSPS) is 19.1. The molecular weight excluding hydrogens is 220 g/mol. The smallest absolute Gasteiger partial charge is 0.229 e. The highest BCUT2D eigenvalue weighted by Gasteiger charge is 2.19. The van der Waals surface area contributed by atoms with E-state index in [1.165, 1.54) is 31.4 Å². The Bertz CT molecular complexity index is 321. The zero-order chi connectivity index (χ0) is 11.4. The molecule has 16 heavy (non-hydrogen) atoms. The first-order chi connectivity index (χ1) is 7.79. The van der Waals surface area contributed by atoms with Crippen LogP contribution in [0.3, 0.4) is 0 Å². The molecule has 1 aliphatic carbocycles. The summed E-state index contributed by atoms with van der Waals surface area (Å²) in [7, 11) is 0. The van der Waals surface area contributed by atoms with Gasteiger partial charge in [-0.05, 0) is 31.4 Å². The van der Waals surface area contributed by atoms with Crippen LogP contribution in [0.15, 0.2) is 4.42 Å². The molecule has 90 valence electrons. The lowest BCUT2D eigenvalue weighted by Gasteiger charge is -2.11. The maximum Gasteiger partial charge on any atom is 0.229 e. The van der Waals surface area contributed by atoms with Gasteiger partial charge in [0.25, 0.3) is 0 Å². The lowest BCUT2D eigenvalue weighted by molar-refractivity contribution is 0.456. The van der Waals surface area contributed by atoms with Crippen molar-refractivity contribution < 1.29 is 4.42 Å². The molecule has 2 rings (SSSR count). The summed E-state index contributed by atoms with van der Waals surface area (Å²) in [5.41, 5.74) is 0. The van der Waals surface area contributed by atoms with E-state index in [2.05, 4.69) is 17.1 Å². The van der Waals surface area contributed by atoms with Gasteiger partial charge in [-0.25, -0.2) is 0 Å². The van der Waals surface area contributed by atoms with Gasteiger partial charge >= 0.3 is 0 Å². The van der Waals surface area contributed by atoms with Crippen LogP contribution in [-0.2, 0) is 6.42 Å². The van der Waals surface area contributed by atoms with Gasteiger partial charge in [0, 0.05) is 6.42 Å². The number of aryl methyl sites for hydroxylation is 1. The van der Waals surface area contributed by atoms with Crippen molar-refractivity contribution in [2.45, 2.75) is 51.2 Å². The van der Waals surface area contributed by atoms with E-state index < -0.39 is 0 Å². The van der Waals surface area contributed by atoms with Gasteiger partial charge in [0.05, 0.1) is 5.25 Å². The van der Waals surface area contributed by atoms with E-state index >= 15 is 0 Å². The molecular formula is C12H20N2OS. The maximum atomic E-state index is 5.57. The summed E-state index contributed by atoms with van der Waals surface area (Å²) in [5, 5.41) is 8.44. The Morgan fingerprint density at radius 1 is 1.38 bits per heavy atom. The van der Waals surface area contributed by atoms with Crippen LogP contribution in [0.1, 0.15) is 56.6 Å². The van der Waals surface area contributed by atoms with E-state index in [1.807, 2.05) is 18.7 Å². The zero-order valence-electron chi connectivity index (χ0n) is 10.1. The molecule has 4 heteroatoms. The van der Waals surface area contributed by atoms with Crippen molar-refractivity contribution in [2.75, 3.05) is 5.75 Å². The van der Waals surface area contributed by atoms with Crippen LogP contribution in [0.4, 0.5) is 0 Å². The average Bonchev–Trinajstić information content (AvgIpc) is 2.96. The Morgan fingerprint density at radius 3 is 2.75 bits per heavy atom. The molecule has 3 nitrogen and oxygen atoms in total. The van der Waals surface area contributed by atoms with Crippen molar-refractivity contribution in [3.05, 3.63) is 11.8 Å². The standard InChI is InChI=1S/C12H20N2OS/c1-3-11-13-14-12(15-11)9(2)16-8-10-6-4-5-7-10/h9-10H,3-8H2,1-2H3/t9-/m1/s1. The summed E-state index contributed by atoms with van der Waals surface area (Å²) in [6.45, 7) is 4.19. The van der Waals surface area contributed by atoms with E-state index in [4.69, 9.17) is 4.42 Å². The molecule has 1 aromatic heterocycles. The first-order valence-electron chi connectivity index (χ1n) is 6.23. The minimum Gasteiger partial charge on any atom is -0.424 e. The molecule has 0 radical (unpaired) electrons. The molecule has 0 unspecified atom stereocenters. The highest BCUT2D eigenvalue weighted by atomic mass is 32.2. The van der Waals surface area contributed by atoms with E-state index in [-0.39, 0.29) is 0 Å². The van der Waals surface area contributed by atoms with Gasteiger partial charge in [-0.1, -0.05) is 19.8 Å². The molecule has 0 N–H and O–H groups in total. The predicted molar refractivity (Wildman–Crippen MR) is 66.5 cm³/mol. The van der Waals surface area contributed by atoms with Gasteiger partial charge < -0.3 is 4.42 Å². The van der Waals surface area contributed by atoms with Crippen molar-refractivity contribution in [1.29, 1.82) is 0 Å². The van der Waals surface area contributed by atoms with E-state index in [1.54, 1.807) is 0 Å². The zero-order valence-corrected chi connectivity index (χ0v) is 10.9. The molecule has 0 aliphatic heterocycles. The molecule has 1 heterocycles. The molecule has 1 fully saturated rings. The van der Waals surface area contributed by atoms with Crippen LogP contribution in [0.2, 0.25) is 0 Å². The fraction of sp³-hybridized carbons (Fsp3) is 0.833. The van der Waals surface area contributed by atoms with Crippen LogP contribution in [0.25, 0.3) is 0 Å². The van der Waals surface area contributed by atoms with Crippen LogP contribution in [0, 0.1) is 5.92 Å². The highest BCUT2D eigenvalue weighted by molar-refractivity contribution is 7.99. The molecule has 1 saturated carbocycles. The molecule has 1 aliphatic rings. The van der Waals surface area contributed by atoms with Crippen molar-refractivity contribution in [1.82, 2.24) is 10.2 Å². The first kappa shape index (κ1) is 12.0. The summed E-state index contributed by atoms with van der Waals surface area (Å²) in [6, 6.07) is 0. The predicted octanol–water partition coefficient (Wildman–Crippen LogP) is 3.62. The summed E-state index contributed by atoms with van der Waals surface area (Å²) in [5.74, 6) is 3.70. The van der Waals surface area contributed by atoms with Crippen LogP contribution in [0.5, 0.6) is 0 Å². The summed E-state index contributed by atoms with van der Waals surface area (Å²) in [4.78, 5) is 0. The Kier molecular flexibility index (Phi) is 4.27. The van der Waals surface area contributed by atoms with Crippen molar-refractivity contribution in [3.8, 4) is 0 Å². The molecule has 0 spiro atoms. The molecule has 0 bridgehead atoms. The van der Waals surface area contributed by atoms with E-state index in [9.17, 15) is 0 Å². The van der Waals surface area contributed by atoms with Crippen LogP contribution in [-0.4, -0.2) is 16.0 Å². The molecule has 1 atom stereocenters. The topological polar surface area (TPSA) is 38.9 Å². The monoisotopic (exact) mass is 240 g/mol. The maximum absolute atomic E-state index is 5.57. The van der Waals surface area contributed by atoms with Gasteiger partial charge in [0.15, 0.2) is 0 Å². The van der Waals surface area contributed by atoms with Gasteiger partial charge in [-0.3, -0.25) is 0 Å². The third-order valence-corrected chi connectivity index (χ3v) is 4.55. The average molecular weight is 240 g/mol. The largest absolute Gasteiger partial charge is 0.424 e. The van der Waals surface area contributed by atoms with Crippen molar-refractivity contribution in [2.24, 2.45) is 5.92 Å². The SMILES string of the molecule is CCc1nnc([C@@H](C)SCC2CCCC2)o1. The molecule has 0 aromatic carbocycles. The number of nitrogens with zero attached hydrogens (tertiary/aromatic N) is 2. The Labute approximate surface area is 101 Å².